The van der Waals surface area contributed by atoms with Crippen LogP contribution in [0.4, 0.5) is 0 Å². The number of rotatable bonds is 7. The van der Waals surface area contributed by atoms with Crippen molar-refractivity contribution in [2.75, 3.05) is 59.6 Å². The molecule has 2 aliphatic rings. The third-order valence-electron chi connectivity index (χ3n) is 5.09. The van der Waals surface area contributed by atoms with Gasteiger partial charge in [-0.15, -0.1) is 0 Å². The number of methoxy groups -OCH3 is 1. The third-order valence-corrected chi connectivity index (χ3v) is 5.09. The molecule has 1 unspecified atom stereocenters. The van der Waals surface area contributed by atoms with Crippen LogP contribution in [-0.4, -0.2) is 75.4 Å². The number of nitrogens with one attached hydrogen (secondary N) is 1. The molecule has 0 spiro atoms. The third kappa shape index (κ3) is 5.16. The van der Waals surface area contributed by atoms with Gasteiger partial charge in [0.1, 0.15) is 11.8 Å². The first-order chi connectivity index (χ1) is 12.3. The van der Waals surface area contributed by atoms with Crippen LogP contribution >= 0.6 is 0 Å². The van der Waals surface area contributed by atoms with Gasteiger partial charge in [-0.25, -0.2) is 0 Å². The van der Waals surface area contributed by atoms with E-state index in [-0.39, 0.29) is 0 Å². The zero-order valence-corrected chi connectivity index (χ0v) is 15.0. The number of nitriles is 1. The van der Waals surface area contributed by atoms with E-state index < -0.39 is 0 Å². The monoisotopic (exact) mass is 344 g/mol. The van der Waals surface area contributed by atoms with E-state index in [1.54, 1.807) is 7.11 Å². The quantitative estimate of drug-likeness (QED) is 0.798. The van der Waals surface area contributed by atoms with E-state index in [1.165, 1.54) is 13.0 Å². The van der Waals surface area contributed by atoms with E-state index in [4.69, 9.17) is 14.7 Å². The molecule has 0 aromatic heterocycles. The SMILES string of the molecule is COc1cc(CNC2CCN(CCN3CCOCC3)C2)ccc1C#N. The van der Waals surface area contributed by atoms with Crippen molar-refractivity contribution in [3.05, 3.63) is 29.3 Å². The minimum absolute atomic E-state index is 0.534. The summed E-state index contributed by atoms with van der Waals surface area (Å²) in [4.78, 5) is 5.04. The summed E-state index contributed by atoms with van der Waals surface area (Å²) in [5, 5.41) is 12.7. The highest BCUT2D eigenvalue weighted by atomic mass is 16.5. The molecular weight excluding hydrogens is 316 g/mol. The van der Waals surface area contributed by atoms with Crippen LogP contribution in [0.5, 0.6) is 5.75 Å². The highest BCUT2D eigenvalue weighted by Gasteiger charge is 2.22. The second-order valence-electron chi connectivity index (χ2n) is 6.77. The number of morpholine rings is 1. The van der Waals surface area contributed by atoms with E-state index in [2.05, 4.69) is 21.2 Å². The number of hydrogen-bond donors (Lipinski definition) is 1. The zero-order valence-electron chi connectivity index (χ0n) is 15.0. The first-order valence-electron chi connectivity index (χ1n) is 9.11. The van der Waals surface area contributed by atoms with E-state index >= 15 is 0 Å². The fourth-order valence-corrected chi connectivity index (χ4v) is 3.51. The summed E-state index contributed by atoms with van der Waals surface area (Å²) >= 11 is 0. The van der Waals surface area contributed by atoms with Crippen molar-refractivity contribution in [1.29, 1.82) is 5.26 Å². The average molecular weight is 344 g/mol. The normalized spacial score (nSPS) is 22.0. The fraction of sp³-hybridized carbons (Fsp3) is 0.632. The maximum atomic E-state index is 9.06. The molecule has 2 aliphatic heterocycles. The highest BCUT2D eigenvalue weighted by Crippen LogP contribution is 2.19. The molecular formula is C19H28N4O2. The van der Waals surface area contributed by atoms with Crippen LogP contribution in [0, 0.1) is 11.3 Å². The van der Waals surface area contributed by atoms with Crippen LogP contribution in [0.1, 0.15) is 17.5 Å². The molecule has 0 amide bonds. The molecule has 0 bridgehead atoms. The Morgan fingerprint density at radius 1 is 1.24 bits per heavy atom. The fourth-order valence-electron chi connectivity index (χ4n) is 3.51. The van der Waals surface area contributed by atoms with Gasteiger partial charge >= 0.3 is 0 Å². The Kier molecular flexibility index (Phi) is 6.65. The first kappa shape index (κ1) is 18.2. The van der Waals surface area contributed by atoms with Crippen LogP contribution in [0.15, 0.2) is 18.2 Å². The van der Waals surface area contributed by atoms with Crippen LogP contribution in [-0.2, 0) is 11.3 Å². The van der Waals surface area contributed by atoms with Gasteiger partial charge in [-0.05, 0) is 30.7 Å². The molecule has 1 aromatic carbocycles. The van der Waals surface area contributed by atoms with Crippen LogP contribution in [0.25, 0.3) is 0 Å². The second kappa shape index (κ2) is 9.16. The Balaban J connectivity index is 1.40. The molecule has 0 radical (unpaired) electrons. The van der Waals surface area contributed by atoms with Crippen LogP contribution < -0.4 is 10.1 Å². The molecule has 3 rings (SSSR count). The van der Waals surface area contributed by atoms with Gasteiger partial charge in [0, 0.05) is 45.3 Å². The van der Waals surface area contributed by atoms with Crippen molar-refractivity contribution in [3.63, 3.8) is 0 Å². The molecule has 1 atom stereocenters. The van der Waals surface area contributed by atoms with E-state index in [9.17, 15) is 0 Å². The van der Waals surface area contributed by atoms with E-state index in [0.29, 0.717) is 17.4 Å². The first-order valence-corrected chi connectivity index (χ1v) is 9.11. The predicted molar refractivity (Wildman–Crippen MR) is 96.7 cm³/mol. The lowest BCUT2D eigenvalue weighted by Crippen LogP contribution is -2.41. The molecule has 1 N–H and O–H groups in total. The Hall–Kier alpha value is -1.65. The van der Waals surface area contributed by atoms with Crippen LogP contribution in [0.2, 0.25) is 0 Å². The molecule has 2 fully saturated rings. The summed E-state index contributed by atoms with van der Waals surface area (Å²) in [6.07, 6.45) is 1.19. The zero-order chi connectivity index (χ0) is 17.5. The van der Waals surface area contributed by atoms with Crippen molar-refractivity contribution in [2.45, 2.75) is 19.0 Å². The van der Waals surface area contributed by atoms with Crippen molar-refractivity contribution in [3.8, 4) is 11.8 Å². The molecule has 6 heteroatoms. The topological polar surface area (TPSA) is 60.8 Å². The summed E-state index contributed by atoms with van der Waals surface area (Å²) in [6, 6.07) is 8.47. The Morgan fingerprint density at radius 3 is 2.80 bits per heavy atom. The van der Waals surface area contributed by atoms with Gasteiger partial charge in [0.05, 0.1) is 25.9 Å². The maximum absolute atomic E-state index is 9.06. The number of benzene rings is 1. The highest BCUT2D eigenvalue weighted by molar-refractivity contribution is 5.45. The lowest BCUT2D eigenvalue weighted by Gasteiger charge is -2.28. The largest absolute Gasteiger partial charge is 0.495 e. The van der Waals surface area contributed by atoms with Crippen molar-refractivity contribution >= 4 is 0 Å². The lowest BCUT2D eigenvalue weighted by molar-refractivity contribution is 0.0343. The lowest BCUT2D eigenvalue weighted by atomic mass is 10.1. The predicted octanol–water partition coefficient (Wildman–Crippen LogP) is 1.06. The Labute approximate surface area is 150 Å². The molecule has 0 saturated carbocycles. The molecule has 136 valence electrons. The van der Waals surface area contributed by atoms with Crippen molar-refractivity contribution in [1.82, 2.24) is 15.1 Å². The smallest absolute Gasteiger partial charge is 0.136 e. The summed E-state index contributed by atoms with van der Waals surface area (Å²) in [5.41, 5.74) is 1.74. The van der Waals surface area contributed by atoms with Crippen molar-refractivity contribution in [2.24, 2.45) is 0 Å². The van der Waals surface area contributed by atoms with Gasteiger partial charge in [-0.2, -0.15) is 5.26 Å². The maximum Gasteiger partial charge on any atom is 0.136 e. The van der Waals surface area contributed by atoms with Gasteiger partial charge in [0.15, 0.2) is 0 Å². The molecule has 2 heterocycles. The molecule has 1 aromatic rings. The molecule has 0 aliphatic carbocycles. The minimum Gasteiger partial charge on any atom is -0.495 e. The standard InChI is InChI=1S/C19H28N4O2/c1-24-19-12-16(2-3-17(19)13-20)14-21-18-4-5-23(15-18)7-6-22-8-10-25-11-9-22/h2-3,12,18,21H,4-11,14-15H2,1H3. The van der Waals surface area contributed by atoms with Crippen LogP contribution in [0.3, 0.4) is 0 Å². The average Bonchev–Trinajstić information content (AvgIpc) is 3.13. The minimum atomic E-state index is 0.534. The Bertz CT molecular complexity index is 596. The number of likely N-dealkylation sites (tertiary alicyclic amines) is 1. The summed E-state index contributed by atoms with van der Waals surface area (Å²) in [6.45, 7) is 9.24. The van der Waals surface area contributed by atoms with E-state index in [0.717, 1.165) is 58.0 Å². The summed E-state index contributed by atoms with van der Waals surface area (Å²) in [5.74, 6) is 0.653. The number of ether oxygens (including phenoxy) is 2. The van der Waals surface area contributed by atoms with Gasteiger partial charge in [-0.3, -0.25) is 4.90 Å². The number of nitrogens with zero attached hydrogens (tertiary/aromatic N) is 3. The number of hydrogen-bond acceptors (Lipinski definition) is 6. The molecule has 25 heavy (non-hydrogen) atoms. The van der Waals surface area contributed by atoms with Gasteiger partial charge in [-0.1, -0.05) is 6.07 Å². The molecule has 2 saturated heterocycles. The second-order valence-corrected chi connectivity index (χ2v) is 6.77. The summed E-state index contributed by atoms with van der Waals surface area (Å²) in [7, 11) is 1.61. The van der Waals surface area contributed by atoms with Gasteiger partial charge in [0.25, 0.3) is 0 Å². The summed E-state index contributed by atoms with van der Waals surface area (Å²) < 4.78 is 10.7. The van der Waals surface area contributed by atoms with Gasteiger partial charge in [0.2, 0.25) is 0 Å². The Morgan fingerprint density at radius 2 is 2.04 bits per heavy atom. The van der Waals surface area contributed by atoms with Gasteiger partial charge < -0.3 is 19.7 Å². The molecule has 6 nitrogen and oxygen atoms in total. The van der Waals surface area contributed by atoms with Crippen molar-refractivity contribution < 1.29 is 9.47 Å². The van der Waals surface area contributed by atoms with E-state index in [1.807, 2.05) is 18.2 Å².